The molecule has 6 heteroatoms. The molecule has 0 spiro atoms. The molecule has 0 saturated heterocycles. The molecule has 16 heavy (non-hydrogen) atoms. The van der Waals surface area contributed by atoms with Gasteiger partial charge in [-0.05, 0) is 18.6 Å². The van der Waals surface area contributed by atoms with Crippen LogP contribution in [0.25, 0.3) is 0 Å². The van der Waals surface area contributed by atoms with E-state index in [0.29, 0.717) is 16.5 Å². The van der Waals surface area contributed by atoms with E-state index in [1.54, 1.807) is 12.1 Å². The number of aryl methyl sites for hydroxylation is 1. The van der Waals surface area contributed by atoms with Crippen molar-refractivity contribution in [1.29, 1.82) is 0 Å². The van der Waals surface area contributed by atoms with E-state index in [9.17, 15) is 4.79 Å². The zero-order valence-electron chi connectivity index (χ0n) is 8.49. The van der Waals surface area contributed by atoms with Crippen LogP contribution in [-0.4, -0.2) is 21.1 Å². The minimum absolute atomic E-state index is 0.296. The van der Waals surface area contributed by atoms with Gasteiger partial charge in [0, 0.05) is 0 Å². The number of amides is 1. The number of nitrogens with zero attached hydrogens (tertiary/aromatic N) is 2. The molecule has 1 aromatic heterocycles. The Morgan fingerprint density at radius 1 is 1.50 bits per heavy atom. The van der Waals surface area contributed by atoms with Crippen LogP contribution in [-0.2, 0) is 0 Å². The molecule has 2 N–H and O–H groups in total. The first kappa shape index (κ1) is 10.6. The number of H-pyrrole nitrogens is 1. The molecule has 0 saturated carbocycles. The molecular weight excluding hydrogens is 228 g/mol. The summed E-state index contributed by atoms with van der Waals surface area (Å²) in [6.07, 6.45) is 1.31. The molecule has 1 aromatic carbocycles. The molecule has 0 atom stereocenters. The summed E-state index contributed by atoms with van der Waals surface area (Å²) < 4.78 is 0. The van der Waals surface area contributed by atoms with Crippen LogP contribution < -0.4 is 5.32 Å². The monoisotopic (exact) mass is 236 g/mol. The number of rotatable bonds is 2. The number of carbonyl (C=O) groups excluding carboxylic acids is 1. The predicted molar refractivity (Wildman–Crippen MR) is 60.5 cm³/mol. The second-order valence-corrected chi connectivity index (χ2v) is 3.63. The highest BCUT2D eigenvalue weighted by Crippen LogP contribution is 2.20. The number of aromatic nitrogens is 3. The number of aromatic amines is 1. The van der Waals surface area contributed by atoms with E-state index in [1.807, 2.05) is 13.0 Å². The molecule has 0 unspecified atom stereocenters. The standard InChI is InChI=1S/C10H9ClN4O/c1-6-3-2-4-7(11)8(6)9(16)14-10-12-5-13-15-10/h2-5H,1H3,(H2,12,13,14,15,16). The quantitative estimate of drug-likeness (QED) is 0.838. The second kappa shape index (κ2) is 4.32. The predicted octanol–water partition coefficient (Wildman–Crippen LogP) is 2.02. The van der Waals surface area contributed by atoms with Gasteiger partial charge < -0.3 is 0 Å². The van der Waals surface area contributed by atoms with Crippen LogP contribution in [0, 0.1) is 6.92 Å². The average molecular weight is 237 g/mol. The van der Waals surface area contributed by atoms with Crippen LogP contribution in [0.4, 0.5) is 5.95 Å². The lowest BCUT2D eigenvalue weighted by Crippen LogP contribution is -2.15. The van der Waals surface area contributed by atoms with E-state index < -0.39 is 0 Å². The van der Waals surface area contributed by atoms with Gasteiger partial charge in [-0.25, -0.2) is 5.10 Å². The van der Waals surface area contributed by atoms with E-state index in [2.05, 4.69) is 20.5 Å². The lowest BCUT2D eigenvalue weighted by Gasteiger charge is -2.06. The normalized spacial score (nSPS) is 10.1. The number of anilines is 1. The number of hydrogen-bond donors (Lipinski definition) is 2. The van der Waals surface area contributed by atoms with Crippen molar-refractivity contribution in [2.24, 2.45) is 0 Å². The van der Waals surface area contributed by atoms with Crippen molar-refractivity contribution < 1.29 is 4.79 Å². The molecule has 0 aliphatic heterocycles. The summed E-state index contributed by atoms with van der Waals surface area (Å²) in [6, 6.07) is 5.29. The van der Waals surface area contributed by atoms with Crippen molar-refractivity contribution in [2.45, 2.75) is 6.92 Å². The van der Waals surface area contributed by atoms with Crippen molar-refractivity contribution in [3.05, 3.63) is 40.7 Å². The minimum atomic E-state index is -0.306. The minimum Gasteiger partial charge on any atom is -0.291 e. The molecule has 82 valence electrons. The Hall–Kier alpha value is -1.88. The van der Waals surface area contributed by atoms with Crippen LogP contribution in [0.15, 0.2) is 24.5 Å². The van der Waals surface area contributed by atoms with Gasteiger partial charge in [0.2, 0.25) is 5.95 Å². The number of halogens is 1. The van der Waals surface area contributed by atoms with E-state index in [4.69, 9.17) is 11.6 Å². The number of benzene rings is 1. The first-order valence-corrected chi connectivity index (χ1v) is 4.98. The summed E-state index contributed by atoms with van der Waals surface area (Å²) in [5.74, 6) is -0.0100. The van der Waals surface area contributed by atoms with Crippen molar-refractivity contribution in [1.82, 2.24) is 15.2 Å². The zero-order valence-corrected chi connectivity index (χ0v) is 9.25. The number of nitrogens with one attached hydrogen (secondary N) is 2. The molecule has 1 heterocycles. The molecule has 2 aromatic rings. The van der Waals surface area contributed by atoms with E-state index in [0.717, 1.165) is 5.56 Å². The van der Waals surface area contributed by atoms with Crippen LogP contribution in [0.3, 0.4) is 0 Å². The van der Waals surface area contributed by atoms with Crippen LogP contribution in [0.2, 0.25) is 5.02 Å². The molecule has 0 aliphatic rings. The van der Waals surface area contributed by atoms with Crippen LogP contribution in [0.5, 0.6) is 0 Å². The first-order valence-electron chi connectivity index (χ1n) is 4.60. The topological polar surface area (TPSA) is 70.7 Å². The largest absolute Gasteiger partial charge is 0.291 e. The fourth-order valence-corrected chi connectivity index (χ4v) is 1.66. The van der Waals surface area contributed by atoms with Crippen molar-refractivity contribution in [3.63, 3.8) is 0 Å². The van der Waals surface area contributed by atoms with Gasteiger partial charge in [-0.15, -0.1) is 0 Å². The van der Waals surface area contributed by atoms with Crippen molar-refractivity contribution in [3.8, 4) is 0 Å². The highest BCUT2D eigenvalue weighted by Gasteiger charge is 2.13. The van der Waals surface area contributed by atoms with E-state index in [-0.39, 0.29) is 5.91 Å². The van der Waals surface area contributed by atoms with E-state index in [1.165, 1.54) is 6.33 Å². The van der Waals surface area contributed by atoms with Crippen molar-refractivity contribution >= 4 is 23.5 Å². The maximum Gasteiger partial charge on any atom is 0.259 e. The Morgan fingerprint density at radius 2 is 2.31 bits per heavy atom. The molecule has 0 radical (unpaired) electrons. The Morgan fingerprint density at radius 3 is 2.94 bits per heavy atom. The maximum atomic E-state index is 11.9. The first-order chi connectivity index (χ1) is 7.68. The lowest BCUT2D eigenvalue weighted by molar-refractivity contribution is 0.102. The van der Waals surface area contributed by atoms with Crippen LogP contribution in [0.1, 0.15) is 15.9 Å². The molecule has 0 bridgehead atoms. The van der Waals surface area contributed by atoms with E-state index >= 15 is 0 Å². The molecule has 0 aliphatic carbocycles. The molecule has 5 nitrogen and oxygen atoms in total. The maximum absolute atomic E-state index is 11.9. The Labute approximate surface area is 96.8 Å². The van der Waals surface area contributed by atoms with Gasteiger partial charge in [0.25, 0.3) is 5.91 Å². The summed E-state index contributed by atoms with van der Waals surface area (Å²) in [6.45, 7) is 1.82. The SMILES string of the molecule is Cc1cccc(Cl)c1C(=O)Nc1ncn[nH]1. The van der Waals surface area contributed by atoms with Gasteiger partial charge in [0.1, 0.15) is 6.33 Å². The fourth-order valence-electron chi connectivity index (χ4n) is 1.36. The fraction of sp³-hybridized carbons (Fsp3) is 0.100. The van der Waals surface area contributed by atoms with Gasteiger partial charge in [0.05, 0.1) is 10.6 Å². The molecule has 0 fully saturated rings. The smallest absolute Gasteiger partial charge is 0.259 e. The average Bonchev–Trinajstić information content (AvgIpc) is 2.70. The Kier molecular flexibility index (Phi) is 2.87. The highest BCUT2D eigenvalue weighted by molar-refractivity contribution is 6.34. The van der Waals surface area contributed by atoms with Gasteiger partial charge in [-0.2, -0.15) is 10.1 Å². The number of carbonyl (C=O) groups is 1. The Balaban J connectivity index is 2.28. The van der Waals surface area contributed by atoms with Gasteiger partial charge in [-0.3, -0.25) is 10.1 Å². The van der Waals surface area contributed by atoms with Crippen LogP contribution >= 0.6 is 11.6 Å². The zero-order chi connectivity index (χ0) is 11.5. The van der Waals surface area contributed by atoms with Gasteiger partial charge >= 0.3 is 0 Å². The lowest BCUT2D eigenvalue weighted by atomic mass is 10.1. The summed E-state index contributed by atoms with van der Waals surface area (Å²) in [7, 11) is 0. The third-order valence-corrected chi connectivity index (χ3v) is 2.41. The summed E-state index contributed by atoms with van der Waals surface area (Å²) in [4.78, 5) is 15.7. The molecule has 1 amide bonds. The van der Waals surface area contributed by atoms with Crippen molar-refractivity contribution in [2.75, 3.05) is 5.32 Å². The Bertz CT molecular complexity index is 489. The third kappa shape index (κ3) is 2.04. The van der Waals surface area contributed by atoms with Gasteiger partial charge in [-0.1, -0.05) is 23.7 Å². The summed E-state index contributed by atoms with van der Waals surface area (Å²) in [5, 5.41) is 9.15. The third-order valence-electron chi connectivity index (χ3n) is 2.10. The highest BCUT2D eigenvalue weighted by atomic mass is 35.5. The summed E-state index contributed by atoms with van der Waals surface area (Å²) >= 11 is 5.96. The second-order valence-electron chi connectivity index (χ2n) is 3.22. The molecular formula is C10H9ClN4O. The summed E-state index contributed by atoms with van der Waals surface area (Å²) in [5.41, 5.74) is 1.25. The number of hydrogen-bond acceptors (Lipinski definition) is 3. The van der Waals surface area contributed by atoms with Gasteiger partial charge in [0.15, 0.2) is 0 Å². The molecule has 2 rings (SSSR count).